The zero-order chi connectivity index (χ0) is 11.4. The Bertz CT molecular complexity index is 433. The predicted octanol–water partition coefficient (Wildman–Crippen LogP) is -1.86. The largest absolute Gasteiger partial charge is 0.347 e. The van der Waals surface area contributed by atoms with Crippen molar-refractivity contribution < 1.29 is 4.79 Å². The Morgan fingerprint density at radius 2 is 2.20 bits per heavy atom. The molecule has 0 bridgehead atoms. The predicted molar refractivity (Wildman–Crippen MR) is 53.7 cm³/mol. The van der Waals surface area contributed by atoms with Crippen molar-refractivity contribution in [3.8, 4) is 0 Å². The number of H-pyrrole nitrogens is 2. The summed E-state index contributed by atoms with van der Waals surface area (Å²) in [6, 6.07) is 0.792. The first kappa shape index (κ1) is 11.2. The first-order valence-corrected chi connectivity index (χ1v) is 4.37. The van der Waals surface area contributed by atoms with Gasteiger partial charge < -0.3 is 16.0 Å². The van der Waals surface area contributed by atoms with Gasteiger partial charge >= 0.3 is 5.69 Å². The molecule has 0 saturated heterocycles. The Balaban J connectivity index is 2.92. The maximum absolute atomic E-state index is 11.4. The van der Waals surface area contributed by atoms with Gasteiger partial charge in [-0.2, -0.15) is 0 Å². The molecule has 7 nitrogen and oxygen atoms in total. The van der Waals surface area contributed by atoms with E-state index in [1.807, 2.05) is 4.98 Å². The van der Waals surface area contributed by atoms with Crippen LogP contribution in [0, 0.1) is 0 Å². The summed E-state index contributed by atoms with van der Waals surface area (Å²) in [4.78, 5) is 37.3. The molecule has 82 valence electrons. The maximum atomic E-state index is 11.4. The standard InChI is InChI=1S/C8H12N4O3/c1-4(3-9)10-7(14)5-2-6(13)12-8(15)11-5/h2,4H,3,9H2,1H3,(H,10,14)(H2,11,12,13,15)/t4-/m1/s1. The zero-order valence-electron chi connectivity index (χ0n) is 8.16. The van der Waals surface area contributed by atoms with E-state index < -0.39 is 17.2 Å². The van der Waals surface area contributed by atoms with Crippen LogP contribution in [0.25, 0.3) is 0 Å². The van der Waals surface area contributed by atoms with Crippen LogP contribution in [0.5, 0.6) is 0 Å². The first-order valence-electron chi connectivity index (χ1n) is 4.37. The lowest BCUT2D eigenvalue weighted by molar-refractivity contribution is 0.0935. The summed E-state index contributed by atoms with van der Waals surface area (Å²) in [5, 5.41) is 2.51. The van der Waals surface area contributed by atoms with Gasteiger partial charge in [0.1, 0.15) is 5.69 Å². The van der Waals surface area contributed by atoms with E-state index in [-0.39, 0.29) is 18.3 Å². The van der Waals surface area contributed by atoms with E-state index in [1.165, 1.54) is 0 Å². The summed E-state index contributed by atoms with van der Waals surface area (Å²) in [5.41, 5.74) is 3.89. The van der Waals surface area contributed by atoms with Gasteiger partial charge in [0, 0.05) is 18.7 Å². The fraction of sp³-hybridized carbons (Fsp3) is 0.375. The Morgan fingerprint density at radius 1 is 1.53 bits per heavy atom. The third kappa shape index (κ3) is 3.06. The highest BCUT2D eigenvalue weighted by molar-refractivity contribution is 5.92. The highest BCUT2D eigenvalue weighted by atomic mass is 16.2. The third-order valence-corrected chi connectivity index (χ3v) is 1.74. The van der Waals surface area contributed by atoms with Gasteiger partial charge in [-0.05, 0) is 6.92 Å². The number of aromatic nitrogens is 2. The van der Waals surface area contributed by atoms with Gasteiger partial charge in [0.15, 0.2) is 0 Å². The van der Waals surface area contributed by atoms with Crippen LogP contribution < -0.4 is 22.3 Å². The Labute approximate surface area is 84.7 Å². The number of amides is 1. The van der Waals surface area contributed by atoms with Crippen molar-refractivity contribution in [2.75, 3.05) is 6.54 Å². The van der Waals surface area contributed by atoms with Crippen LogP contribution >= 0.6 is 0 Å². The van der Waals surface area contributed by atoms with E-state index in [9.17, 15) is 14.4 Å². The number of hydrogen-bond donors (Lipinski definition) is 4. The molecule has 0 aromatic carbocycles. The van der Waals surface area contributed by atoms with E-state index in [0.717, 1.165) is 6.07 Å². The number of rotatable bonds is 3. The van der Waals surface area contributed by atoms with E-state index in [4.69, 9.17) is 5.73 Å². The average molecular weight is 212 g/mol. The van der Waals surface area contributed by atoms with Gasteiger partial charge in [0.2, 0.25) is 0 Å². The summed E-state index contributed by atoms with van der Waals surface area (Å²) < 4.78 is 0. The molecule has 0 fully saturated rings. The normalized spacial score (nSPS) is 12.1. The lowest BCUT2D eigenvalue weighted by Gasteiger charge is -2.10. The molecule has 7 heteroatoms. The van der Waals surface area contributed by atoms with Crippen LogP contribution in [-0.4, -0.2) is 28.5 Å². The van der Waals surface area contributed by atoms with Crippen LogP contribution in [0.3, 0.4) is 0 Å². The Morgan fingerprint density at radius 3 is 2.73 bits per heavy atom. The molecule has 0 spiro atoms. The lowest BCUT2D eigenvalue weighted by Crippen LogP contribution is -2.39. The monoisotopic (exact) mass is 212 g/mol. The number of aromatic amines is 2. The second-order valence-corrected chi connectivity index (χ2v) is 3.11. The Kier molecular flexibility index (Phi) is 3.40. The summed E-state index contributed by atoms with van der Waals surface area (Å²) in [5.74, 6) is -0.531. The number of carbonyl (C=O) groups is 1. The molecule has 0 aliphatic carbocycles. The van der Waals surface area contributed by atoms with E-state index >= 15 is 0 Å². The van der Waals surface area contributed by atoms with Crippen molar-refractivity contribution in [3.05, 3.63) is 32.6 Å². The minimum atomic E-state index is -0.715. The molecule has 1 aromatic heterocycles. The van der Waals surface area contributed by atoms with Gasteiger partial charge in [-0.3, -0.25) is 14.6 Å². The quantitative estimate of drug-likeness (QED) is 0.469. The number of hydrogen-bond acceptors (Lipinski definition) is 4. The molecular weight excluding hydrogens is 200 g/mol. The van der Waals surface area contributed by atoms with Crippen molar-refractivity contribution >= 4 is 5.91 Å². The van der Waals surface area contributed by atoms with Crippen LogP contribution in [0.2, 0.25) is 0 Å². The molecule has 0 radical (unpaired) electrons. The van der Waals surface area contributed by atoms with Crippen LogP contribution in [0.15, 0.2) is 15.7 Å². The van der Waals surface area contributed by atoms with E-state index in [1.54, 1.807) is 6.92 Å². The highest BCUT2D eigenvalue weighted by Gasteiger charge is 2.09. The van der Waals surface area contributed by atoms with E-state index in [0.29, 0.717) is 0 Å². The van der Waals surface area contributed by atoms with Crippen molar-refractivity contribution in [2.24, 2.45) is 5.73 Å². The highest BCUT2D eigenvalue weighted by Crippen LogP contribution is 1.87. The van der Waals surface area contributed by atoms with Crippen molar-refractivity contribution in [3.63, 3.8) is 0 Å². The smallest absolute Gasteiger partial charge is 0.326 e. The fourth-order valence-corrected chi connectivity index (χ4v) is 0.952. The zero-order valence-corrected chi connectivity index (χ0v) is 8.16. The Hall–Kier alpha value is -1.89. The van der Waals surface area contributed by atoms with Gasteiger partial charge in [-0.25, -0.2) is 4.79 Å². The average Bonchev–Trinajstić information content (AvgIpc) is 2.16. The molecule has 1 rings (SSSR count). The van der Waals surface area contributed by atoms with Crippen molar-refractivity contribution in [1.82, 2.24) is 15.3 Å². The molecule has 1 aromatic rings. The molecular formula is C8H12N4O3. The maximum Gasteiger partial charge on any atom is 0.326 e. The SMILES string of the molecule is C[C@H](CN)NC(=O)c1cc(=O)[nH]c(=O)[nH]1. The molecule has 0 saturated carbocycles. The minimum absolute atomic E-state index is 0.0796. The van der Waals surface area contributed by atoms with Crippen LogP contribution in [0.1, 0.15) is 17.4 Å². The van der Waals surface area contributed by atoms with Crippen LogP contribution in [-0.2, 0) is 0 Å². The van der Waals surface area contributed by atoms with Crippen molar-refractivity contribution in [1.29, 1.82) is 0 Å². The number of carbonyl (C=O) groups excluding carboxylic acids is 1. The molecule has 5 N–H and O–H groups in total. The summed E-state index contributed by atoms with van der Waals surface area (Å²) in [6.07, 6.45) is 0. The molecule has 0 aliphatic rings. The molecule has 0 aliphatic heterocycles. The second kappa shape index (κ2) is 4.56. The lowest BCUT2D eigenvalue weighted by atomic mass is 10.3. The summed E-state index contributed by atoms with van der Waals surface area (Å²) >= 11 is 0. The fourth-order valence-electron chi connectivity index (χ4n) is 0.952. The van der Waals surface area contributed by atoms with Gasteiger partial charge in [-0.1, -0.05) is 0 Å². The number of nitrogens with one attached hydrogen (secondary N) is 3. The van der Waals surface area contributed by atoms with Crippen molar-refractivity contribution in [2.45, 2.75) is 13.0 Å². The second-order valence-electron chi connectivity index (χ2n) is 3.11. The van der Waals surface area contributed by atoms with Gasteiger partial charge in [-0.15, -0.1) is 0 Å². The summed E-state index contributed by atoms with van der Waals surface area (Å²) in [7, 11) is 0. The number of nitrogens with two attached hydrogens (primary N) is 1. The molecule has 1 atom stereocenters. The molecule has 0 unspecified atom stereocenters. The molecule has 15 heavy (non-hydrogen) atoms. The first-order chi connectivity index (χ1) is 7.02. The van der Waals surface area contributed by atoms with Gasteiger partial charge in [0.25, 0.3) is 11.5 Å². The topological polar surface area (TPSA) is 121 Å². The van der Waals surface area contributed by atoms with Crippen LogP contribution in [0.4, 0.5) is 0 Å². The third-order valence-electron chi connectivity index (χ3n) is 1.74. The molecule has 1 amide bonds. The molecule has 1 heterocycles. The minimum Gasteiger partial charge on any atom is -0.347 e. The summed E-state index contributed by atoms with van der Waals surface area (Å²) in [6.45, 7) is 1.99. The van der Waals surface area contributed by atoms with E-state index in [2.05, 4.69) is 10.3 Å². The van der Waals surface area contributed by atoms with Gasteiger partial charge in [0.05, 0.1) is 0 Å².